The lowest BCUT2D eigenvalue weighted by Gasteiger charge is -2.34. The standard InChI is InChI=1S/C22H28N2O4S/c1-18-5-3-6-21(17-18)28-16-4-11-23-12-14-24(15-13-23)29(26,27)22-9-7-20(8-10-22)19(2)25/h3,5-10,17H,4,11-16H2,1-2H3. The molecule has 7 heteroatoms. The highest BCUT2D eigenvalue weighted by Crippen LogP contribution is 2.19. The van der Waals surface area contributed by atoms with E-state index in [1.165, 1.54) is 28.9 Å². The zero-order valence-corrected chi connectivity index (χ0v) is 17.8. The van der Waals surface area contributed by atoms with Crippen molar-refractivity contribution in [2.75, 3.05) is 39.3 Å². The summed E-state index contributed by atoms with van der Waals surface area (Å²) in [5.41, 5.74) is 1.69. The van der Waals surface area contributed by atoms with E-state index in [1.54, 1.807) is 12.1 Å². The van der Waals surface area contributed by atoms with Crippen LogP contribution >= 0.6 is 0 Å². The maximum Gasteiger partial charge on any atom is 0.243 e. The number of benzene rings is 2. The second-order valence-corrected chi connectivity index (χ2v) is 9.28. The number of hydrogen-bond acceptors (Lipinski definition) is 5. The first-order chi connectivity index (χ1) is 13.9. The van der Waals surface area contributed by atoms with Gasteiger partial charge in [0.05, 0.1) is 11.5 Å². The summed E-state index contributed by atoms with van der Waals surface area (Å²) < 4.78 is 32.9. The number of carbonyl (C=O) groups is 1. The van der Waals surface area contributed by atoms with Crippen molar-refractivity contribution in [2.24, 2.45) is 0 Å². The van der Waals surface area contributed by atoms with Gasteiger partial charge in [0.2, 0.25) is 10.0 Å². The Hall–Kier alpha value is -2.22. The van der Waals surface area contributed by atoms with Gasteiger partial charge in [-0.3, -0.25) is 4.79 Å². The summed E-state index contributed by atoms with van der Waals surface area (Å²) in [6.07, 6.45) is 0.896. The Bertz CT molecular complexity index is 934. The summed E-state index contributed by atoms with van der Waals surface area (Å²) in [5, 5.41) is 0. The van der Waals surface area contributed by atoms with Crippen LogP contribution in [-0.2, 0) is 10.0 Å². The van der Waals surface area contributed by atoms with Crippen LogP contribution in [0.5, 0.6) is 5.75 Å². The van der Waals surface area contributed by atoms with Crippen molar-refractivity contribution in [3.63, 3.8) is 0 Å². The summed E-state index contributed by atoms with van der Waals surface area (Å²) in [5.74, 6) is 0.811. The van der Waals surface area contributed by atoms with Crippen molar-refractivity contribution in [3.8, 4) is 5.75 Å². The molecule has 0 N–H and O–H groups in total. The monoisotopic (exact) mass is 416 g/mol. The molecule has 1 saturated heterocycles. The molecule has 0 aliphatic carbocycles. The molecule has 0 aromatic heterocycles. The van der Waals surface area contributed by atoms with Crippen LogP contribution in [-0.4, -0.2) is 62.7 Å². The fourth-order valence-electron chi connectivity index (χ4n) is 3.39. The van der Waals surface area contributed by atoms with Gasteiger partial charge in [-0.1, -0.05) is 24.3 Å². The lowest BCUT2D eigenvalue weighted by molar-refractivity contribution is 0.101. The third-order valence-electron chi connectivity index (χ3n) is 5.11. The zero-order chi connectivity index (χ0) is 20.9. The number of carbonyl (C=O) groups excluding carboxylic acids is 1. The molecule has 1 heterocycles. The van der Waals surface area contributed by atoms with E-state index in [1.807, 2.05) is 31.2 Å². The van der Waals surface area contributed by atoms with E-state index in [9.17, 15) is 13.2 Å². The molecule has 156 valence electrons. The van der Waals surface area contributed by atoms with E-state index in [2.05, 4.69) is 4.90 Å². The summed E-state index contributed by atoms with van der Waals surface area (Å²) >= 11 is 0. The van der Waals surface area contributed by atoms with Gasteiger partial charge in [0.15, 0.2) is 5.78 Å². The molecule has 0 saturated carbocycles. The maximum absolute atomic E-state index is 12.8. The smallest absolute Gasteiger partial charge is 0.243 e. The zero-order valence-electron chi connectivity index (χ0n) is 17.0. The van der Waals surface area contributed by atoms with Crippen LogP contribution in [0.25, 0.3) is 0 Å². The molecule has 1 aliphatic heterocycles. The molecule has 29 heavy (non-hydrogen) atoms. The molecule has 0 atom stereocenters. The van der Waals surface area contributed by atoms with Gasteiger partial charge in [-0.25, -0.2) is 8.42 Å². The molecular formula is C22H28N2O4S. The van der Waals surface area contributed by atoms with Gasteiger partial charge in [-0.15, -0.1) is 0 Å². The lowest BCUT2D eigenvalue weighted by Crippen LogP contribution is -2.48. The van der Waals surface area contributed by atoms with Crippen LogP contribution < -0.4 is 4.74 Å². The molecule has 6 nitrogen and oxygen atoms in total. The number of ether oxygens (including phenoxy) is 1. The van der Waals surface area contributed by atoms with E-state index in [4.69, 9.17) is 4.74 Å². The molecule has 1 aliphatic rings. The minimum atomic E-state index is -3.52. The van der Waals surface area contributed by atoms with Crippen LogP contribution in [0.15, 0.2) is 53.4 Å². The van der Waals surface area contributed by atoms with Crippen LogP contribution in [0.1, 0.15) is 29.3 Å². The van der Waals surface area contributed by atoms with Gasteiger partial charge >= 0.3 is 0 Å². The number of ketones is 1. The average molecular weight is 417 g/mol. The lowest BCUT2D eigenvalue weighted by atomic mass is 10.2. The van der Waals surface area contributed by atoms with Crippen molar-refractivity contribution >= 4 is 15.8 Å². The first kappa shape index (κ1) is 21.5. The maximum atomic E-state index is 12.8. The minimum absolute atomic E-state index is 0.0751. The number of piperazine rings is 1. The van der Waals surface area contributed by atoms with Crippen molar-refractivity contribution in [3.05, 3.63) is 59.7 Å². The van der Waals surface area contributed by atoms with Crippen LogP contribution in [0.4, 0.5) is 0 Å². The number of sulfonamides is 1. The normalized spacial score (nSPS) is 15.9. The van der Waals surface area contributed by atoms with Crippen LogP contribution in [0.2, 0.25) is 0 Å². The summed E-state index contributed by atoms with van der Waals surface area (Å²) in [6, 6.07) is 14.2. The van der Waals surface area contributed by atoms with Gasteiger partial charge in [0.25, 0.3) is 0 Å². The Kier molecular flexibility index (Phi) is 7.05. The van der Waals surface area contributed by atoms with E-state index in [0.29, 0.717) is 38.3 Å². The predicted molar refractivity (Wildman–Crippen MR) is 113 cm³/mol. The third-order valence-corrected chi connectivity index (χ3v) is 7.02. The van der Waals surface area contributed by atoms with Gasteiger partial charge in [0.1, 0.15) is 5.75 Å². The van der Waals surface area contributed by atoms with Crippen molar-refractivity contribution in [2.45, 2.75) is 25.2 Å². The molecule has 2 aromatic carbocycles. The second-order valence-electron chi connectivity index (χ2n) is 7.34. The third kappa shape index (κ3) is 5.65. The van der Waals surface area contributed by atoms with Crippen molar-refractivity contribution in [1.82, 2.24) is 9.21 Å². The highest BCUT2D eigenvalue weighted by atomic mass is 32.2. The van der Waals surface area contributed by atoms with Gasteiger partial charge in [0, 0.05) is 38.3 Å². The molecule has 1 fully saturated rings. The van der Waals surface area contributed by atoms with Crippen molar-refractivity contribution < 1.29 is 17.9 Å². The molecule has 2 aromatic rings. The Balaban J connectivity index is 1.45. The number of aryl methyl sites for hydroxylation is 1. The molecular weight excluding hydrogens is 388 g/mol. The highest BCUT2D eigenvalue weighted by Gasteiger charge is 2.28. The Morgan fingerprint density at radius 1 is 1.03 bits per heavy atom. The number of hydrogen-bond donors (Lipinski definition) is 0. The summed E-state index contributed by atoms with van der Waals surface area (Å²) in [6.45, 7) is 7.37. The largest absolute Gasteiger partial charge is 0.494 e. The number of Topliss-reactive ketones (excluding diaryl/α,β-unsaturated/α-hetero) is 1. The second kappa shape index (κ2) is 9.52. The Morgan fingerprint density at radius 2 is 1.72 bits per heavy atom. The van der Waals surface area contributed by atoms with Crippen molar-refractivity contribution in [1.29, 1.82) is 0 Å². The highest BCUT2D eigenvalue weighted by molar-refractivity contribution is 7.89. The molecule has 0 unspecified atom stereocenters. The molecule has 0 radical (unpaired) electrons. The van der Waals surface area contributed by atoms with Crippen LogP contribution in [0.3, 0.4) is 0 Å². The van der Waals surface area contributed by atoms with Gasteiger partial charge in [-0.2, -0.15) is 4.31 Å². The van der Waals surface area contributed by atoms with E-state index in [0.717, 1.165) is 18.7 Å². The first-order valence-corrected chi connectivity index (χ1v) is 11.3. The average Bonchev–Trinajstić information content (AvgIpc) is 2.72. The fraction of sp³-hybridized carbons (Fsp3) is 0.409. The number of rotatable bonds is 8. The van der Waals surface area contributed by atoms with E-state index in [-0.39, 0.29) is 10.7 Å². The SMILES string of the molecule is CC(=O)c1ccc(S(=O)(=O)N2CCN(CCCOc3cccc(C)c3)CC2)cc1. The summed E-state index contributed by atoms with van der Waals surface area (Å²) in [7, 11) is -3.52. The predicted octanol–water partition coefficient (Wildman–Crippen LogP) is 2.97. The fourth-order valence-corrected chi connectivity index (χ4v) is 4.81. The van der Waals surface area contributed by atoms with E-state index >= 15 is 0 Å². The summed E-state index contributed by atoms with van der Waals surface area (Å²) in [4.78, 5) is 13.9. The molecule has 3 rings (SSSR count). The molecule has 0 amide bonds. The quantitative estimate of drug-likeness (QED) is 0.489. The van der Waals surface area contributed by atoms with Gasteiger partial charge < -0.3 is 9.64 Å². The van der Waals surface area contributed by atoms with Crippen LogP contribution in [0, 0.1) is 6.92 Å². The Morgan fingerprint density at radius 3 is 2.34 bits per heavy atom. The topological polar surface area (TPSA) is 66.9 Å². The molecule has 0 spiro atoms. The van der Waals surface area contributed by atoms with Gasteiger partial charge in [-0.05, 0) is 50.1 Å². The minimum Gasteiger partial charge on any atom is -0.494 e. The number of nitrogens with zero attached hydrogens (tertiary/aromatic N) is 2. The molecule has 0 bridgehead atoms. The Labute approximate surface area is 173 Å². The first-order valence-electron chi connectivity index (χ1n) is 9.89. The van der Waals surface area contributed by atoms with E-state index < -0.39 is 10.0 Å².